The number of hydrogen-bond donors (Lipinski definition) is 2. The van der Waals surface area contributed by atoms with Crippen molar-refractivity contribution >= 4 is 17.9 Å². The molecule has 1 aromatic carbocycles. The van der Waals surface area contributed by atoms with E-state index in [0.717, 1.165) is 24.1 Å². The normalized spacial score (nSPS) is 20.3. The molecule has 0 aromatic heterocycles. The summed E-state index contributed by atoms with van der Waals surface area (Å²) in [6.45, 7) is 2.65. The van der Waals surface area contributed by atoms with Crippen molar-refractivity contribution in [2.24, 2.45) is 5.92 Å². The molecule has 2 N–H and O–H groups in total. The molecule has 2 aliphatic rings. The summed E-state index contributed by atoms with van der Waals surface area (Å²) in [6.07, 6.45) is 2.88. The lowest BCUT2D eigenvalue weighted by Crippen LogP contribution is -2.46. The second kappa shape index (κ2) is 8.21. The quantitative estimate of drug-likeness (QED) is 0.839. The molecule has 140 valence electrons. The van der Waals surface area contributed by atoms with Crippen LogP contribution in [0, 0.1) is 5.92 Å². The number of urea groups is 1. The number of piperidine rings is 1. The Bertz CT molecular complexity index is 691. The summed E-state index contributed by atoms with van der Waals surface area (Å²) < 4.78 is 0. The lowest BCUT2D eigenvalue weighted by molar-refractivity contribution is -0.143. The molecule has 0 saturated carbocycles. The van der Waals surface area contributed by atoms with Gasteiger partial charge in [-0.2, -0.15) is 0 Å². The summed E-state index contributed by atoms with van der Waals surface area (Å²) in [7, 11) is 0. The largest absolute Gasteiger partial charge is 0.481 e. The van der Waals surface area contributed by atoms with E-state index in [4.69, 9.17) is 5.11 Å². The molecule has 0 spiro atoms. The number of rotatable bonds is 5. The first kappa shape index (κ1) is 18.2. The fourth-order valence-corrected chi connectivity index (χ4v) is 3.58. The third-order valence-corrected chi connectivity index (χ3v) is 5.04. The van der Waals surface area contributed by atoms with Crippen molar-refractivity contribution in [3.05, 3.63) is 35.4 Å². The molecule has 2 heterocycles. The standard InChI is InChI=1S/C19H25N3O4/c23-17-7-3-8-21(17)12-15-5-1-4-14(10-15)11-20-19(26)22-9-2-6-16(13-22)18(24)25/h1,4-5,10,16H,2-3,6-9,11-13H2,(H,20,26)(H,24,25). The Balaban J connectivity index is 1.52. The van der Waals surface area contributed by atoms with E-state index < -0.39 is 11.9 Å². The second-order valence-corrected chi connectivity index (χ2v) is 7.02. The van der Waals surface area contributed by atoms with Gasteiger partial charge in [-0.1, -0.05) is 24.3 Å². The summed E-state index contributed by atoms with van der Waals surface area (Å²) in [5, 5.41) is 12.0. The van der Waals surface area contributed by atoms with E-state index in [-0.39, 0.29) is 18.5 Å². The van der Waals surface area contributed by atoms with Crippen molar-refractivity contribution < 1.29 is 19.5 Å². The van der Waals surface area contributed by atoms with Crippen LogP contribution >= 0.6 is 0 Å². The minimum atomic E-state index is -0.841. The highest BCUT2D eigenvalue weighted by atomic mass is 16.4. The van der Waals surface area contributed by atoms with Crippen LogP contribution in [0.15, 0.2) is 24.3 Å². The molecule has 1 unspecified atom stereocenters. The van der Waals surface area contributed by atoms with Gasteiger partial charge in [-0.25, -0.2) is 4.79 Å². The maximum atomic E-state index is 12.3. The summed E-state index contributed by atoms with van der Waals surface area (Å²) in [5.74, 6) is -1.12. The first-order valence-electron chi connectivity index (χ1n) is 9.14. The van der Waals surface area contributed by atoms with Gasteiger partial charge in [0.05, 0.1) is 5.92 Å². The first-order chi connectivity index (χ1) is 12.5. The van der Waals surface area contributed by atoms with E-state index in [1.165, 1.54) is 0 Å². The number of nitrogens with one attached hydrogen (secondary N) is 1. The Kier molecular flexibility index (Phi) is 5.75. The highest BCUT2D eigenvalue weighted by Crippen LogP contribution is 2.17. The SMILES string of the molecule is O=C(O)C1CCCN(C(=O)NCc2cccc(CN3CCCC3=O)c2)C1. The second-order valence-electron chi connectivity index (χ2n) is 7.02. The van der Waals surface area contributed by atoms with Crippen molar-refractivity contribution in [2.75, 3.05) is 19.6 Å². The summed E-state index contributed by atoms with van der Waals surface area (Å²) >= 11 is 0. The number of likely N-dealkylation sites (tertiary alicyclic amines) is 2. The van der Waals surface area contributed by atoms with Crippen LogP contribution in [0.25, 0.3) is 0 Å². The Morgan fingerprint density at radius 1 is 1.19 bits per heavy atom. The monoisotopic (exact) mass is 359 g/mol. The lowest BCUT2D eigenvalue weighted by Gasteiger charge is -2.30. The number of nitrogens with zero attached hydrogens (tertiary/aromatic N) is 2. The molecule has 26 heavy (non-hydrogen) atoms. The van der Waals surface area contributed by atoms with E-state index in [1.807, 2.05) is 29.2 Å². The van der Waals surface area contributed by atoms with E-state index in [9.17, 15) is 14.4 Å². The van der Waals surface area contributed by atoms with Crippen LogP contribution in [-0.4, -0.2) is 52.4 Å². The molecule has 7 heteroatoms. The van der Waals surface area contributed by atoms with Crippen molar-refractivity contribution in [1.82, 2.24) is 15.1 Å². The summed E-state index contributed by atoms with van der Waals surface area (Å²) in [5.41, 5.74) is 2.02. The highest BCUT2D eigenvalue weighted by molar-refractivity contribution is 5.78. The maximum absolute atomic E-state index is 12.3. The van der Waals surface area contributed by atoms with Gasteiger partial charge >= 0.3 is 12.0 Å². The molecule has 3 amide bonds. The van der Waals surface area contributed by atoms with Crippen LogP contribution in [0.5, 0.6) is 0 Å². The average molecular weight is 359 g/mol. The van der Waals surface area contributed by atoms with Gasteiger partial charge in [0.25, 0.3) is 0 Å². The van der Waals surface area contributed by atoms with Crippen LogP contribution in [0.3, 0.4) is 0 Å². The molecule has 0 radical (unpaired) electrons. The Hall–Kier alpha value is -2.57. The van der Waals surface area contributed by atoms with Crippen molar-refractivity contribution in [2.45, 2.75) is 38.8 Å². The number of carboxylic acid groups (broad SMARTS) is 1. The number of hydrogen-bond acceptors (Lipinski definition) is 3. The predicted octanol–water partition coefficient (Wildman–Crippen LogP) is 1.82. The number of aliphatic carboxylic acids is 1. The average Bonchev–Trinajstić information content (AvgIpc) is 3.05. The van der Waals surface area contributed by atoms with Crippen LogP contribution in [-0.2, 0) is 22.7 Å². The zero-order chi connectivity index (χ0) is 18.5. The molecule has 2 saturated heterocycles. The maximum Gasteiger partial charge on any atom is 0.317 e. The Morgan fingerprint density at radius 3 is 2.73 bits per heavy atom. The van der Waals surface area contributed by atoms with Gasteiger partial charge in [-0.3, -0.25) is 9.59 Å². The zero-order valence-corrected chi connectivity index (χ0v) is 14.8. The van der Waals surface area contributed by atoms with Crippen LogP contribution in [0.1, 0.15) is 36.8 Å². The minimum absolute atomic E-state index is 0.196. The molecular weight excluding hydrogens is 334 g/mol. The fraction of sp³-hybridized carbons (Fsp3) is 0.526. The number of carbonyl (C=O) groups excluding carboxylic acids is 2. The molecule has 1 atom stereocenters. The van der Waals surface area contributed by atoms with Gasteiger partial charge < -0.3 is 20.2 Å². The molecular formula is C19H25N3O4. The van der Waals surface area contributed by atoms with E-state index in [0.29, 0.717) is 38.9 Å². The third kappa shape index (κ3) is 4.53. The molecule has 2 fully saturated rings. The number of amides is 3. The highest BCUT2D eigenvalue weighted by Gasteiger charge is 2.28. The minimum Gasteiger partial charge on any atom is -0.481 e. The summed E-state index contributed by atoms with van der Waals surface area (Å²) in [6, 6.07) is 7.63. The first-order valence-corrected chi connectivity index (χ1v) is 9.14. The number of carboxylic acids is 1. The third-order valence-electron chi connectivity index (χ3n) is 5.04. The van der Waals surface area contributed by atoms with E-state index in [1.54, 1.807) is 4.90 Å². The van der Waals surface area contributed by atoms with Gasteiger partial charge in [0, 0.05) is 39.1 Å². The molecule has 2 aliphatic heterocycles. The molecule has 7 nitrogen and oxygen atoms in total. The number of carbonyl (C=O) groups is 3. The Morgan fingerprint density at radius 2 is 2.00 bits per heavy atom. The number of benzene rings is 1. The molecule has 3 rings (SSSR count). The van der Waals surface area contributed by atoms with Crippen LogP contribution in [0.2, 0.25) is 0 Å². The smallest absolute Gasteiger partial charge is 0.317 e. The predicted molar refractivity (Wildman–Crippen MR) is 95.3 cm³/mol. The van der Waals surface area contributed by atoms with Gasteiger partial charge in [0.1, 0.15) is 0 Å². The van der Waals surface area contributed by atoms with Crippen molar-refractivity contribution in [1.29, 1.82) is 0 Å². The van der Waals surface area contributed by atoms with Gasteiger partial charge in [0.15, 0.2) is 0 Å². The molecule has 0 aliphatic carbocycles. The van der Waals surface area contributed by atoms with Gasteiger partial charge in [0.2, 0.25) is 5.91 Å². The van der Waals surface area contributed by atoms with Crippen LogP contribution in [0.4, 0.5) is 4.79 Å². The fourth-order valence-electron chi connectivity index (χ4n) is 3.58. The topological polar surface area (TPSA) is 89.9 Å². The van der Waals surface area contributed by atoms with Gasteiger partial charge in [-0.05, 0) is 30.4 Å². The molecule has 0 bridgehead atoms. The van der Waals surface area contributed by atoms with E-state index >= 15 is 0 Å². The Labute approximate surface area is 153 Å². The van der Waals surface area contributed by atoms with Crippen molar-refractivity contribution in [3.63, 3.8) is 0 Å². The molecule has 1 aromatic rings. The van der Waals surface area contributed by atoms with Crippen LogP contribution < -0.4 is 5.32 Å². The zero-order valence-electron chi connectivity index (χ0n) is 14.8. The van der Waals surface area contributed by atoms with Crippen molar-refractivity contribution in [3.8, 4) is 0 Å². The van der Waals surface area contributed by atoms with E-state index in [2.05, 4.69) is 5.32 Å². The van der Waals surface area contributed by atoms with Gasteiger partial charge in [-0.15, -0.1) is 0 Å². The lowest BCUT2D eigenvalue weighted by atomic mass is 9.99. The summed E-state index contributed by atoms with van der Waals surface area (Å²) in [4.78, 5) is 38.6.